The fraction of sp³-hybridized carbons (Fsp3) is 0.818. The van der Waals surface area contributed by atoms with Crippen molar-refractivity contribution in [2.75, 3.05) is 20.6 Å². The first-order chi connectivity index (χ1) is 7.17. The van der Waals surface area contributed by atoms with Crippen LogP contribution in [0.2, 0.25) is 0 Å². The molecule has 4 heteroatoms. The van der Waals surface area contributed by atoms with Crippen LogP contribution in [0.3, 0.4) is 0 Å². The van der Waals surface area contributed by atoms with Gasteiger partial charge in [-0.15, -0.1) is 0 Å². The van der Waals surface area contributed by atoms with Gasteiger partial charge in [-0.2, -0.15) is 0 Å². The van der Waals surface area contributed by atoms with E-state index in [1.54, 1.807) is 0 Å². The molecule has 0 aromatic heterocycles. The molecule has 1 rings (SSSR count). The van der Waals surface area contributed by atoms with Crippen molar-refractivity contribution in [1.29, 1.82) is 0 Å². The molecule has 0 bridgehead atoms. The quantitative estimate of drug-likeness (QED) is 0.826. The summed E-state index contributed by atoms with van der Waals surface area (Å²) in [4.78, 5) is 2.30. The molecule has 0 aromatic rings. The van der Waals surface area contributed by atoms with Crippen LogP contribution in [-0.4, -0.2) is 37.6 Å². The first-order valence-corrected chi connectivity index (χ1v) is 6.31. The molecule has 88 valence electrons. The van der Waals surface area contributed by atoms with Crippen LogP contribution >= 0.6 is 23.2 Å². The number of hydrogen-bond donors (Lipinski definition) is 1. The molecule has 1 N–H and O–H groups in total. The van der Waals surface area contributed by atoms with Crippen molar-refractivity contribution in [3.05, 3.63) is 10.6 Å². The molecule has 1 fully saturated rings. The molecule has 0 unspecified atom stereocenters. The van der Waals surface area contributed by atoms with E-state index in [2.05, 4.69) is 17.3 Å². The minimum absolute atomic E-state index is 0.653. The summed E-state index contributed by atoms with van der Waals surface area (Å²) in [6.07, 6.45) is 5.00. The maximum absolute atomic E-state index is 5.91. The summed E-state index contributed by atoms with van der Waals surface area (Å²) in [5.74, 6) is 0. The Bertz CT molecular complexity index is 211. The Morgan fingerprint density at radius 1 is 1.40 bits per heavy atom. The SMILES string of the molecule is CNC1CCC(N(C)CC(Cl)=CCl)CC1. The van der Waals surface area contributed by atoms with Gasteiger partial charge in [0.25, 0.3) is 0 Å². The van der Waals surface area contributed by atoms with Crippen LogP contribution in [0, 0.1) is 0 Å². The standard InChI is InChI=1S/C11H20Cl2N2/c1-14-10-3-5-11(6-4-10)15(2)8-9(13)7-12/h7,10-11,14H,3-6,8H2,1-2H3. The molecular formula is C11H20Cl2N2. The van der Waals surface area contributed by atoms with Crippen molar-refractivity contribution in [3.8, 4) is 0 Å². The topological polar surface area (TPSA) is 15.3 Å². The third-order valence-corrected chi connectivity index (χ3v) is 3.85. The van der Waals surface area contributed by atoms with Crippen molar-refractivity contribution < 1.29 is 0 Å². The summed E-state index contributed by atoms with van der Waals surface area (Å²) < 4.78 is 0. The summed E-state index contributed by atoms with van der Waals surface area (Å²) in [6, 6.07) is 1.36. The lowest BCUT2D eigenvalue weighted by molar-refractivity contribution is 0.190. The van der Waals surface area contributed by atoms with Gasteiger partial charge in [0.2, 0.25) is 0 Å². The molecule has 1 aliphatic carbocycles. The third-order valence-electron chi connectivity index (χ3n) is 3.25. The van der Waals surface area contributed by atoms with Crippen LogP contribution in [0.15, 0.2) is 10.6 Å². The predicted octanol–water partition coefficient (Wildman–Crippen LogP) is 2.77. The summed E-state index contributed by atoms with van der Waals surface area (Å²) in [5.41, 5.74) is 1.46. The highest BCUT2D eigenvalue weighted by molar-refractivity contribution is 6.36. The lowest BCUT2D eigenvalue weighted by atomic mass is 9.90. The van der Waals surface area contributed by atoms with Gasteiger partial charge in [0.05, 0.1) is 0 Å². The summed E-state index contributed by atoms with van der Waals surface area (Å²) >= 11 is 11.5. The zero-order valence-corrected chi connectivity index (χ0v) is 11.0. The van der Waals surface area contributed by atoms with E-state index in [9.17, 15) is 0 Å². The van der Waals surface area contributed by atoms with E-state index in [4.69, 9.17) is 23.2 Å². The zero-order chi connectivity index (χ0) is 11.3. The molecule has 0 saturated heterocycles. The molecule has 0 spiro atoms. The minimum atomic E-state index is 0.653. The minimum Gasteiger partial charge on any atom is -0.317 e. The second-order valence-electron chi connectivity index (χ2n) is 4.27. The van der Waals surface area contributed by atoms with E-state index in [0.717, 1.165) is 11.6 Å². The van der Waals surface area contributed by atoms with E-state index in [0.29, 0.717) is 12.1 Å². The molecule has 2 nitrogen and oxygen atoms in total. The van der Waals surface area contributed by atoms with E-state index >= 15 is 0 Å². The molecule has 0 heterocycles. The average Bonchev–Trinajstić information content (AvgIpc) is 2.29. The van der Waals surface area contributed by atoms with Crippen LogP contribution in [0.25, 0.3) is 0 Å². The molecule has 0 aliphatic heterocycles. The highest BCUT2D eigenvalue weighted by Gasteiger charge is 2.22. The molecule has 0 radical (unpaired) electrons. The van der Waals surface area contributed by atoms with E-state index < -0.39 is 0 Å². The van der Waals surface area contributed by atoms with Crippen LogP contribution in [0.5, 0.6) is 0 Å². The Morgan fingerprint density at radius 2 is 2.00 bits per heavy atom. The van der Waals surface area contributed by atoms with Crippen LogP contribution in [0.4, 0.5) is 0 Å². The Balaban J connectivity index is 2.33. The van der Waals surface area contributed by atoms with Crippen molar-refractivity contribution in [2.24, 2.45) is 0 Å². The molecule has 0 aromatic carbocycles. The first-order valence-electron chi connectivity index (χ1n) is 5.49. The lowest BCUT2D eigenvalue weighted by Gasteiger charge is -2.34. The van der Waals surface area contributed by atoms with Crippen molar-refractivity contribution in [2.45, 2.75) is 37.8 Å². The van der Waals surface area contributed by atoms with Gasteiger partial charge in [-0.25, -0.2) is 0 Å². The maximum atomic E-state index is 5.91. The van der Waals surface area contributed by atoms with Gasteiger partial charge < -0.3 is 5.32 Å². The van der Waals surface area contributed by atoms with Gasteiger partial charge >= 0.3 is 0 Å². The fourth-order valence-electron chi connectivity index (χ4n) is 2.21. The summed E-state index contributed by atoms with van der Waals surface area (Å²) in [7, 11) is 4.16. The smallest absolute Gasteiger partial charge is 0.0434 e. The van der Waals surface area contributed by atoms with Gasteiger partial charge in [-0.3, -0.25) is 4.90 Å². The predicted molar refractivity (Wildman–Crippen MR) is 67.5 cm³/mol. The lowest BCUT2D eigenvalue weighted by Crippen LogP contribution is -2.40. The normalized spacial score (nSPS) is 28.5. The van der Waals surface area contributed by atoms with Gasteiger partial charge in [-0.1, -0.05) is 23.2 Å². The van der Waals surface area contributed by atoms with Crippen LogP contribution in [0.1, 0.15) is 25.7 Å². The van der Waals surface area contributed by atoms with Crippen molar-refractivity contribution >= 4 is 23.2 Å². The zero-order valence-electron chi connectivity index (χ0n) is 9.47. The highest BCUT2D eigenvalue weighted by atomic mass is 35.5. The van der Waals surface area contributed by atoms with E-state index in [-0.39, 0.29) is 0 Å². The summed E-state index contributed by atoms with van der Waals surface area (Å²) in [5, 5.41) is 4.06. The molecular weight excluding hydrogens is 231 g/mol. The first kappa shape index (κ1) is 13.3. The van der Waals surface area contributed by atoms with Gasteiger partial charge in [0.15, 0.2) is 0 Å². The fourth-order valence-corrected chi connectivity index (χ4v) is 2.46. The number of rotatable bonds is 4. The second kappa shape index (κ2) is 6.74. The highest BCUT2D eigenvalue weighted by Crippen LogP contribution is 2.23. The average molecular weight is 251 g/mol. The molecule has 15 heavy (non-hydrogen) atoms. The number of halogens is 2. The molecule has 0 amide bonds. The number of hydrogen-bond acceptors (Lipinski definition) is 2. The van der Waals surface area contributed by atoms with Gasteiger partial charge in [0, 0.05) is 29.2 Å². The van der Waals surface area contributed by atoms with Gasteiger partial charge in [0.1, 0.15) is 0 Å². The summed E-state index contributed by atoms with van der Waals surface area (Å²) in [6.45, 7) is 0.764. The number of nitrogens with one attached hydrogen (secondary N) is 1. The molecule has 1 aliphatic rings. The largest absolute Gasteiger partial charge is 0.317 e. The monoisotopic (exact) mass is 250 g/mol. The Labute approximate surface area is 103 Å². The molecule has 1 saturated carbocycles. The molecule has 0 atom stereocenters. The second-order valence-corrected chi connectivity index (χ2v) is 4.97. The Kier molecular flexibility index (Phi) is 5.98. The number of likely N-dealkylation sites (N-methyl/N-ethyl adjacent to an activating group) is 1. The third kappa shape index (κ3) is 4.31. The van der Waals surface area contributed by atoms with E-state index in [1.165, 1.54) is 31.2 Å². The van der Waals surface area contributed by atoms with Crippen LogP contribution < -0.4 is 5.32 Å². The number of nitrogens with zero attached hydrogens (tertiary/aromatic N) is 1. The van der Waals surface area contributed by atoms with Crippen molar-refractivity contribution in [3.63, 3.8) is 0 Å². The Hall–Kier alpha value is 0.240. The van der Waals surface area contributed by atoms with Crippen LogP contribution in [-0.2, 0) is 0 Å². The van der Waals surface area contributed by atoms with Gasteiger partial charge in [-0.05, 0) is 39.8 Å². The maximum Gasteiger partial charge on any atom is 0.0434 e. The van der Waals surface area contributed by atoms with Crippen molar-refractivity contribution in [1.82, 2.24) is 10.2 Å². The Morgan fingerprint density at radius 3 is 2.47 bits per heavy atom. The van der Waals surface area contributed by atoms with E-state index in [1.807, 2.05) is 7.05 Å².